The maximum absolute atomic E-state index is 14.6. The average Bonchev–Trinajstić information content (AvgIpc) is 3.66. The van der Waals surface area contributed by atoms with E-state index in [0.29, 0.717) is 60.0 Å². The first kappa shape index (κ1) is 56.2. The van der Waals surface area contributed by atoms with Gasteiger partial charge < -0.3 is 59.3 Å². The fourth-order valence-electron chi connectivity index (χ4n) is 10.3. The average molecular weight is 1090 g/mol. The van der Waals surface area contributed by atoms with Crippen molar-refractivity contribution in [2.24, 2.45) is 10.9 Å². The van der Waals surface area contributed by atoms with E-state index in [1.807, 2.05) is 60.5 Å². The first-order valence-electron chi connectivity index (χ1n) is 26.9. The van der Waals surface area contributed by atoms with E-state index < -0.39 is 48.2 Å². The van der Waals surface area contributed by atoms with Crippen LogP contribution >= 0.6 is 0 Å². The molecule has 5 atom stereocenters. The van der Waals surface area contributed by atoms with Crippen molar-refractivity contribution in [1.29, 1.82) is 0 Å². The summed E-state index contributed by atoms with van der Waals surface area (Å²) in [5.74, 6) is -0.999. The third-order valence-corrected chi connectivity index (χ3v) is 14.7. The summed E-state index contributed by atoms with van der Waals surface area (Å²) in [6, 6.07) is 25.7. The topological polar surface area (TPSA) is 236 Å². The highest BCUT2D eigenvalue weighted by molar-refractivity contribution is 6.06. The number of aliphatic hydroxyl groups excluding tert-OH is 1. The minimum absolute atomic E-state index is 0.0470. The van der Waals surface area contributed by atoms with Crippen molar-refractivity contribution in [2.45, 2.75) is 103 Å². The Bertz CT molecular complexity index is 3170. The number of hydrogen-bond acceptors (Lipinski definition) is 14. The molecule has 9 rings (SSSR count). The molecule has 0 aliphatic carbocycles. The van der Waals surface area contributed by atoms with E-state index in [4.69, 9.17) is 33.4 Å². The Kier molecular flexibility index (Phi) is 17.6. The third-order valence-electron chi connectivity index (χ3n) is 14.7. The van der Waals surface area contributed by atoms with Crippen molar-refractivity contribution in [3.63, 3.8) is 0 Å². The van der Waals surface area contributed by atoms with Gasteiger partial charge in [-0.05, 0) is 84.7 Å². The molecule has 3 unspecified atom stereocenters. The van der Waals surface area contributed by atoms with Crippen molar-refractivity contribution >= 4 is 58.9 Å². The van der Waals surface area contributed by atoms with Gasteiger partial charge in [0, 0.05) is 56.6 Å². The van der Waals surface area contributed by atoms with Gasteiger partial charge in [-0.2, -0.15) is 0 Å². The van der Waals surface area contributed by atoms with Crippen molar-refractivity contribution in [3.05, 3.63) is 136 Å². The quantitative estimate of drug-likeness (QED) is 0.0582. The summed E-state index contributed by atoms with van der Waals surface area (Å²) in [4.78, 5) is 91.0. The zero-order valence-electron chi connectivity index (χ0n) is 45.7. The first-order valence-corrected chi connectivity index (χ1v) is 26.9. The Labute approximate surface area is 464 Å². The molecule has 420 valence electrons. The number of amides is 6. The summed E-state index contributed by atoms with van der Waals surface area (Å²) in [6.07, 6.45) is 0.685. The molecule has 4 N–H and O–H groups in total. The summed E-state index contributed by atoms with van der Waals surface area (Å²) in [7, 11) is 2.95. The van der Waals surface area contributed by atoms with Gasteiger partial charge in [0.2, 0.25) is 17.7 Å². The predicted octanol–water partition coefficient (Wildman–Crippen LogP) is 6.89. The van der Waals surface area contributed by atoms with Gasteiger partial charge in [0.25, 0.3) is 11.8 Å². The van der Waals surface area contributed by atoms with Gasteiger partial charge in [-0.25, -0.2) is 9.69 Å². The fourth-order valence-corrected chi connectivity index (χ4v) is 10.3. The number of nitrogens with one attached hydrogen (secondary N) is 3. The van der Waals surface area contributed by atoms with Crippen LogP contribution in [0.3, 0.4) is 0 Å². The molecular weight excluding hydrogens is 1030 g/mol. The van der Waals surface area contributed by atoms with E-state index in [1.54, 1.807) is 55.1 Å². The van der Waals surface area contributed by atoms with Crippen LogP contribution in [-0.2, 0) is 56.4 Å². The number of carbonyl (C=O) groups is 6. The smallest absolute Gasteiger partial charge is 0.416 e. The highest BCUT2D eigenvalue weighted by Crippen LogP contribution is 2.43. The summed E-state index contributed by atoms with van der Waals surface area (Å²) in [6.45, 7) is 8.31. The number of anilines is 2. The van der Waals surface area contributed by atoms with E-state index in [-0.39, 0.29) is 92.3 Å². The Morgan fingerprint density at radius 2 is 1.32 bits per heavy atom. The van der Waals surface area contributed by atoms with Gasteiger partial charge in [0.1, 0.15) is 18.7 Å². The van der Waals surface area contributed by atoms with Gasteiger partial charge in [0.15, 0.2) is 29.2 Å². The number of aliphatic hydroxyl groups is 1. The zero-order valence-corrected chi connectivity index (χ0v) is 45.7. The molecule has 6 amide bonds. The highest BCUT2D eigenvalue weighted by Gasteiger charge is 2.45. The number of methoxy groups -OCH3 is 2. The Hall–Kier alpha value is -8.49. The largest absolute Gasteiger partial charge is 0.493 e. The van der Waals surface area contributed by atoms with Crippen LogP contribution in [0.25, 0.3) is 0 Å². The Morgan fingerprint density at radius 3 is 1.98 bits per heavy atom. The minimum atomic E-state index is -1.56. The monoisotopic (exact) mass is 1090 g/mol. The SMILES string of the molecule is CCOCCC(=O)N[C@H](C(=O)N[C@@H](C)C(=O)Nc1ccc(COC(=O)N2c3cc(OCCCOc4cc5c(cc4OC)C(=O)N4Cc6ccccc6CC4C=N5)c(OC)cc3C(=O)N3Cc4ccccc4CC3C2O)cc1)C(C)C. The number of ether oxygens (including phenoxy) is 6. The molecule has 0 aromatic heterocycles. The summed E-state index contributed by atoms with van der Waals surface area (Å²) < 4.78 is 35.1. The molecule has 4 heterocycles. The molecule has 20 nitrogen and oxygen atoms in total. The van der Waals surface area contributed by atoms with Gasteiger partial charge in [-0.1, -0.05) is 74.5 Å². The summed E-state index contributed by atoms with van der Waals surface area (Å²) in [5.41, 5.74) is 6.10. The lowest BCUT2D eigenvalue weighted by molar-refractivity contribution is -0.132. The second-order valence-corrected chi connectivity index (χ2v) is 20.3. The zero-order chi connectivity index (χ0) is 56.6. The van der Waals surface area contributed by atoms with Crippen molar-refractivity contribution in [2.75, 3.05) is 50.9 Å². The van der Waals surface area contributed by atoms with Crippen LogP contribution < -0.4 is 39.8 Å². The number of aliphatic imine (C=N–C) groups is 1. The molecule has 0 saturated heterocycles. The van der Waals surface area contributed by atoms with Crippen LogP contribution in [0.1, 0.15) is 89.1 Å². The van der Waals surface area contributed by atoms with E-state index in [9.17, 15) is 33.9 Å². The number of carbonyl (C=O) groups excluding carboxylic acids is 6. The molecule has 0 saturated carbocycles. The van der Waals surface area contributed by atoms with Crippen LogP contribution in [0, 0.1) is 5.92 Å². The molecule has 0 bridgehead atoms. The molecule has 0 fully saturated rings. The maximum Gasteiger partial charge on any atom is 0.416 e. The van der Waals surface area contributed by atoms with E-state index in [0.717, 1.165) is 21.6 Å². The lowest BCUT2D eigenvalue weighted by atomic mass is 9.93. The van der Waals surface area contributed by atoms with Crippen LogP contribution in [0.4, 0.5) is 21.9 Å². The first-order chi connectivity index (χ1) is 38.6. The Balaban J connectivity index is 0.865. The molecule has 5 aromatic carbocycles. The molecular formula is C60H67N7O13. The molecule has 80 heavy (non-hydrogen) atoms. The summed E-state index contributed by atoms with van der Waals surface area (Å²) >= 11 is 0. The lowest BCUT2D eigenvalue weighted by Gasteiger charge is -2.39. The highest BCUT2D eigenvalue weighted by atomic mass is 16.6. The number of benzene rings is 5. The third kappa shape index (κ3) is 12.4. The van der Waals surface area contributed by atoms with Crippen molar-refractivity contribution in [3.8, 4) is 23.0 Å². The van der Waals surface area contributed by atoms with Gasteiger partial charge in [-0.3, -0.25) is 29.0 Å². The Morgan fingerprint density at radius 1 is 0.713 bits per heavy atom. The van der Waals surface area contributed by atoms with Gasteiger partial charge in [-0.15, -0.1) is 0 Å². The van der Waals surface area contributed by atoms with Crippen LogP contribution in [0.5, 0.6) is 23.0 Å². The number of rotatable bonds is 20. The fraction of sp³-hybridized carbons (Fsp3) is 0.383. The van der Waals surface area contributed by atoms with E-state index in [2.05, 4.69) is 22.0 Å². The van der Waals surface area contributed by atoms with Gasteiger partial charge in [0.05, 0.1) is 68.6 Å². The summed E-state index contributed by atoms with van der Waals surface area (Å²) in [5, 5.41) is 20.5. The van der Waals surface area contributed by atoms with Gasteiger partial charge >= 0.3 is 6.09 Å². The molecule has 0 radical (unpaired) electrons. The van der Waals surface area contributed by atoms with Crippen molar-refractivity contribution < 1.29 is 62.3 Å². The molecule has 5 aromatic rings. The maximum atomic E-state index is 14.6. The van der Waals surface area contributed by atoms with Crippen LogP contribution in [0.2, 0.25) is 0 Å². The molecule has 20 heteroatoms. The van der Waals surface area contributed by atoms with E-state index in [1.165, 1.54) is 38.8 Å². The molecule has 4 aliphatic rings. The number of nitrogens with zero attached hydrogens (tertiary/aromatic N) is 4. The normalized spacial score (nSPS) is 17.6. The van der Waals surface area contributed by atoms with Crippen molar-refractivity contribution in [1.82, 2.24) is 20.4 Å². The van der Waals surface area contributed by atoms with E-state index >= 15 is 0 Å². The number of fused-ring (bicyclic) bond motifs is 6. The predicted molar refractivity (Wildman–Crippen MR) is 297 cm³/mol. The number of hydrogen-bond donors (Lipinski definition) is 4. The van der Waals surface area contributed by atoms with Crippen LogP contribution in [-0.4, -0.2) is 128 Å². The molecule has 4 aliphatic heterocycles. The van der Waals surface area contributed by atoms with Crippen LogP contribution in [0.15, 0.2) is 102 Å². The second kappa shape index (κ2) is 25.1. The molecule has 0 spiro atoms. The standard InChI is InChI=1S/C60H67N7O13/c1-7-77-24-21-53(68)64-54(35(2)3)56(70)62-36(4)55(69)63-42-19-17-37(18-20-42)34-80-60(74)67-47-30-52(50(76-6)28-45(47)58(72)66-33-41-16-11-9-14-39(41)26-48(66)59(67)73)79-23-12-22-78-51-29-46-44(27-49(51)75-5)57(71)65-32-40-15-10-8-13-38(40)25-43(65)31-61-46/h8-11,13-20,27-31,35-36,43,48,54,59,73H,7,12,21-26,32-34H2,1-6H3,(H,62,70)(H,63,69)(H,64,68)/t36-,43?,48?,54-,59?/m0/s1. The minimum Gasteiger partial charge on any atom is -0.493 e. The second-order valence-electron chi connectivity index (χ2n) is 20.3. The lowest BCUT2D eigenvalue weighted by Crippen LogP contribution is -2.55.